The lowest BCUT2D eigenvalue weighted by molar-refractivity contribution is -0.388. The molecule has 3 aromatic rings. The van der Waals surface area contributed by atoms with Gasteiger partial charge in [0.15, 0.2) is 0 Å². The number of hydrogen-bond acceptors (Lipinski definition) is 6. The number of fused-ring (bicyclic) bond motifs is 1. The average Bonchev–Trinajstić information content (AvgIpc) is 2.74. The third-order valence-corrected chi connectivity index (χ3v) is 5.81. The van der Waals surface area contributed by atoms with Crippen molar-refractivity contribution in [2.75, 3.05) is 5.75 Å². The number of halogens is 3. The van der Waals surface area contributed by atoms with E-state index in [-0.39, 0.29) is 34.6 Å². The first-order valence-electron chi connectivity index (χ1n) is 9.73. The molecule has 1 aromatic heterocycles. The summed E-state index contributed by atoms with van der Waals surface area (Å²) in [5.74, 6) is -0.395. The molecule has 0 spiro atoms. The number of thioether (sulfide) groups is 1. The maximum atomic E-state index is 12.9. The Hall–Kier alpha value is -3.41. The highest BCUT2D eigenvalue weighted by Gasteiger charge is 2.33. The molecule has 33 heavy (non-hydrogen) atoms. The third kappa shape index (κ3) is 5.69. The number of rotatable bonds is 7. The van der Waals surface area contributed by atoms with Crippen molar-refractivity contribution in [3.05, 3.63) is 74.3 Å². The fraction of sp³-hybridized carbons (Fsp3) is 0.286. The van der Waals surface area contributed by atoms with E-state index in [9.17, 15) is 32.9 Å². The van der Waals surface area contributed by atoms with Gasteiger partial charge in [0.25, 0.3) is 11.2 Å². The molecule has 0 fully saturated rings. The lowest BCUT2D eigenvalue weighted by Crippen LogP contribution is -2.38. The van der Waals surface area contributed by atoms with Crippen LogP contribution in [0.3, 0.4) is 0 Å². The molecule has 2 aromatic carbocycles. The Balaban J connectivity index is 1.79. The first-order chi connectivity index (χ1) is 15.5. The van der Waals surface area contributed by atoms with Gasteiger partial charge in [-0.15, -0.1) is 11.8 Å². The molecular formula is C21H19F3N4O4S. The topological polar surface area (TPSA) is 109 Å². The number of carbonyl (C=O) groups is 1. The summed E-state index contributed by atoms with van der Waals surface area (Å²) in [5, 5.41) is 11.7. The van der Waals surface area contributed by atoms with Gasteiger partial charge in [-0.25, -0.2) is 4.98 Å². The Kier molecular flexibility index (Phi) is 7.06. The van der Waals surface area contributed by atoms with Crippen molar-refractivity contribution < 1.29 is 22.9 Å². The van der Waals surface area contributed by atoms with Gasteiger partial charge >= 0.3 is 6.18 Å². The van der Waals surface area contributed by atoms with Crippen LogP contribution < -0.4 is 5.56 Å². The number of benzene rings is 2. The van der Waals surface area contributed by atoms with E-state index < -0.39 is 28.3 Å². The van der Waals surface area contributed by atoms with Crippen LogP contribution in [0, 0.1) is 10.1 Å². The summed E-state index contributed by atoms with van der Waals surface area (Å²) in [4.78, 5) is 43.9. The number of amides is 1. The zero-order valence-corrected chi connectivity index (χ0v) is 18.4. The molecule has 0 aliphatic heterocycles. The summed E-state index contributed by atoms with van der Waals surface area (Å²) in [7, 11) is 0. The van der Waals surface area contributed by atoms with Crippen molar-refractivity contribution in [3.63, 3.8) is 0 Å². The molecule has 1 N–H and O–H groups in total. The highest BCUT2D eigenvalue weighted by atomic mass is 32.2. The number of hydrogen-bond donors (Lipinski definition) is 1. The number of aromatic nitrogens is 2. The number of nitrogens with zero attached hydrogens (tertiary/aromatic N) is 3. The number of nitro benzene ring substituents is 1. The predicted octanol–water partition coefficient (Wildman–Crippen LogP) is 4.38. The maximum absolute atomic E-state index is 12.9. The Morgan fingerprint density at radius 1 is 1.24 bits per heavy atom. The second kappa shape index (κ2) is 9.61. The van der Waals surface area contributed by atoms with E-state index in [1.54, 1.807) is 38.1 Å². The largest absolute Gasteiger partial charge is 0.416 e. The molecule has 1 amide bonds. The van der Waals surface area contributed by atoms with Gasteiger partial charge in [0.2, 0.25) is 5.91 Å². The molecule has 0 bridgehead atoms. The summed E-state index contributed by atoms with van der Waals surface area (Å²) >= 11 is 0.772. The molecule has 3 rings (SSSR count). The van der Waals surface area contributed by atoms with Gasteiger partial charge < -0.3 is 9.88 Å². The van der Waals surface area contributed by atoms with E-state index in [4.69, 9.17) is 0 Å². The van der Waals surface area contributed by atoms with Gasteiger partial charge in [-0.2, -0.15) is 13.2 Å². The van der Waals surface area contributed by atoms with Crippen LogP contribution in [-0.2, 0) is 17.5 Å². The summed E-state index contributed by atoms with van der Waals surface area (Å²) in [6, 6.07) is 8.64. The van der Waals surface area contributed by atoms with Crippen LogP contribution in [0.1, 0.15) is 25.2 Å². The van der Waals surface area contributed by atoms with E-state index in [0.29, 0.717) is 17.0 Å². The Morgan fingerprint density at radius 3 is 2.58 bits per heavy atom. The normalized spacial score (nSPS) is 11.7. The summed E-state index contributed by atoms with van der Waals surface area (Å²) < 4.78 is 38.6. The number of nitro groups is 1. The first-order valence-corrected chi connectivity index (χ1v) is 10.7. The number of alkyl halides is 3. The summed E-state index contributed by atoms with van der Waals surface area (Å²) in [6.45, 7) is 3.50. The predicted molar refractivity (Wildman–Crippen MR) is 117 cm³/mol. The van der Waals surface area contributed by atoms with Crippen molar-refractivity contribution in [3.8, 4) is 0 Å². The van der Waals surface area contributed by atoms with Gasteiger partial charge in [0.1, 0.15) is 5.82 Å². The van der Waals surface area contributed by atoms with Crippen LogP contribution in [0.25, 0.3) is 10.9 Å². The molecule has 0 saturated carbocycles. The number of H-pyrrole nitrogens is 1. The quantitative estimate of drug-likeness (QED) is 0.305. The molecule has 0 radical (unpaired) electrons. The first kappa shape index (κ1) is 24.2. The molecule has 0 aliphatic carbocycles. The van der Waals surface area contributed by atoms with Crippen molar-refractivity contribution in [1.29, 1.82) is 0 Å². The van der Waals surface area contributed by atoms with Crippen molar-refractivity contribution in [2.24, 2.45) is 0 Å². The van der Waals surface area contributed by atoms with Crippen LogP contribution in [-0.4, -0.2) is 37.5 Å². The molecule has 12 heteroatoms. The van der Waals surface area contributed by atoms with Crippen LogP contribution in [0.5, 0.6) is 0 Å². The fourth-order valence-corrected chi connectivity index (χ4v) is 4.00. The Morgan fingerprint density at radius 2 is 1.94 bits per heavy atom. The van der Waals surface area contributed by atoms with E-state index in [2.05, 4.69) is 9.97 Å². The van der Waals surface area contributed by atoms with Crippen LogP contribution in [0.15, 0.2) is 52.2 Å². The zero-order valence-electron chi connectivity index (χ0n) is 17.5. The van der Waals surface area contributed by atoms with Crippen LogP contribution >= 0.6 is 11.8 Å². The smallest absolute Gasteiger partial charge is 0.332 e. The molecule has 0 aliphatic rings. The van der Waals surface area contributed by atoms with Gasteiger partial charge in [-0.3, -0.25) is 19.7 Å². The van der Waals surface area contributed by atoms with Crippen molar-refractivity contribution >= 4 is 34.3 Å². The number of carbonyl (C=O) groups excluding carboxylic acids is 1. The zero-order chi connectivity index (χ0) is 24.3. The van der Waals surface area contributed by atoms with Crippen molar-refractivity contribution in [1.82, 2.24) is 14.9 Å². The molecule has 8 nitrogen and oxygen atoms in total. The number of para-hydroxylation sites is 1. The van der Waals surface area contributed by atoms with Crippen LogP contribution in [0.4, 0.5) is 18.9 Å². The standard InChI is InChI=1S/C21H19F3N4O4S/c1-12(2)27(10-18-25-15-6-4-3-5-14(15)20(30)26-18)19(29)11-33-17-8-7-13(21(22,23)24)9-16(17)28(31)32/h3-9,12H,10-11H2,1-2H3,(H,25,26,30). The van der Waals surface area contributed by atoms with E-state index in [1.807, 2.05) is 0 Å². The molecule has 174 valence electrons. The average molecular weight is 480 g/mol. The van der Waals surface area contributed by atoms with E-state index in [0.717, 1.165) is 23.9 Å². The molecule has 0 saturated heterocycles. The highest BCUT2D eigenvalue weighted by molar-refractivity contribution is 8.00. The number of nitrogens with one attached hydrogen (secondary N) is 1. The van der Waals surface area contributed by atoms with Gasteiger partial charge in [0.05, 0.1) is 38.6 Å². The second-order valence-corrected chi connectivity index (χ2v) is 8.39. The summed E-state index contributed by atoms with van der Waals surface area (Å²) in [6.07, 6.45) is -4.72. The summed E-state index contributed by atoms with van der Waals surface area (Å²) in [5.41, 5.74) is -1.73. The maximum Gasteiger partial charge on any atom is 0.416 e. The molecule has 0 unspecified atom stereocenters. The number of aromatic amines is 1. The Labute approximate surface area is 190 Å². The third-order valence-electron chi connectivity index (χ3n) is 4.76. The minimum Gasteiger partial charge on any atom is -0.332 e. The molecular weight excluding hydrogens is 461 g/mol. The Bertz CT molecular complexity index is 1260. The van der Waals surface area contributed by atoms with Crippen LogP contribution in [0.2, 0.25) is 0 Å². The van der Waals surface area contributed by atoms with Crippen molar-refractivity contribution in [2.45, 2.75) is 37.5 Å². The minimum atomic E-state index is -4.72. The lowest BCUT2D eigenvalue weighted by atomic mass is 10.2. The second-order valence-electron chi connectivity index (χ2n) is 7.37. The van der Waals surface area contributed by atoms with E-state index >= 15 is 0 Å². The van der Waals surface area contributed by atoms with Gasteiger partial charge in [0, 0.05) is 12.1 Å². The van der Waals surface area contributed by atoms with Gasteiger partial charge in [-0.05, 0) is 38.1 Å². The highest BCUT2D eigenvalue weighted by Crippen LogP contribution is 2.36. The lowest BCUT2D eigenvalue weighted by Gasteiger charge is -2.26. The minimum absolute atomic E-state index is 0.00770. The molecule has 1 heterocycles. The monoisotopic (exact) mass is 480 g/mol. The fourth-order valence-electron chi connectivity index (χ4n) is 3.11. The SMILES string of the molecule is CC(C)N(Cc1nc2ccccc2c(=O)[nH]1)C(=O)CSc1ccc(C(F)(F)F)cc1[N+](=O)[O-]. The molecule has 0 atom stereocenters. The van der Waals surface area contributed by atoms with Gasteiger partial charge in [-0.1, -0.05) is 12.1 Å². The van der Waals surface area contributed by atoms with E-state index in [1.165, 1.54) is 4.90 Å².